The van der Waals surface area contributed by atoms with Gasteiger partial charge in [0.25, 0.3) is 5.89 Å². The van der Waals surface area contributed by atoms with Crippen LogP contribution in [0.3, 0.4) is 0 Å². The molecule has 0 fully saturated rings. The summed E-state index contributed by atoms with van der Waals surface area (Å²) in [6.45, 7) is 1.84. The van der Waals surface area contributed by atoms with Crippen molar-refractivity contribution in [2.45, 2.75) is 26.4 Å². The van der Waals surface area contributed by atoms with Gasteiger partial charge in [-0.2, -0.15) is 4.98 Å². The highest BCUT2D eigenvalue weighted by Gasteiger charge is 2.12. The van der Waals surface area contributed by atoms with Gasteiger partial charge in [-0.25, -0.2) is 0 Å². The summed E-state index contributed by atoms with van der Waals surface area (Å²) in [5.74, 6) is 1.53. The lowest BCUT2D eigenvalue weighted by Crippen LogP contribution is -1.99. The van der Waals surface area contributed by atoms with Crippen LogP contribution in [0.1, 0.15) is 28.4 Å². The summed E-state index contributed by atoms with van der Waals surface area (Å²) in [5.41, 5.74) is 2.25. The Morgan fingerprint density at radius 2 is 2.00 bits per heavy atom. The summed E-state index contributed by atoms with van der Waals surface area (Å²) in [6.07, 6.45) is 1.50. The molecule has 6 nitrogen and oxygen atoms in total. The van der Waals surface area contributed by atoms with Crippen LogP contribution in [0.2, 0.25) is 0 Å². The molecule has 0 saturated heterocycles. The molecule has 0 saturated carbocycles. The van der Waals surface area contributed by atoms with E-state index in [1.165, 1.54) is 3.57 Å². The Labute approximate surface area is 164 Å². The molecule has 0 aliphatic carbocycles. The van der Waals surface area contributed by atoms with Crippen molar-refractivity contribution in [3.8, 4) is 11.5 Å². The Morgan fingerprint density at radius 3 is 2.73 bits per heavy atom. The van der Waals surface area contributed by atoms with Crippen molar-refractivity contribution >= 4 is 28.9 Å². The number of benzene rings is 2. The van der Waals surface area contributed by atoms with E-state index in [-0.39, 0.29) is 18.8 Å². The minimum Gasteiger partial charge on any atom is -0.507 e. The van der Waals surface area contributed by atoms with E-state index in [4.69, 9.17) is 9.26 Å². The molecule has 26 heavy (non-hydrogen) atoms. The molecule has 2 aromatic carbocycles. The van der Waals surface area contributed by atoms with E-state index in [1.54, 1.807) is 19.1 Å². The molecule has 3 aromatic rings. The second kappa shape index (κ2) is 8.31. The van der Waals surface area contributed by atoms with Gasteiger partial charge in [-0.15, -0.1) is 0 Å². The van der Waals surface area contributed by atoms with Gasteiger partial charge in [0, 0.05) is 27.5 Å². The first kappa shape index (κ1) is 18.4. The van der Waals surface area contributed by atoms with Crippen LogP contribution in [0.5, 0.6) is 11.5 Å². The van der Waals surface area contributed by atoms with Crippen molar-refractivity contribution in [2.75, 3.05) is 0 Å². The molecule has 1 heterocycles. The van der Waals surface area contributed by atoms with Crippen molar-refractivity contribution in [1.82, 2.24) is 10.1 Å². The second-order valence-electron chi connectivity index (χ2n) is 5.76. The summed E-state index contributed by atoms with van der Waals surface area (Å²) in [4.78, 5) is 14.9. The Kier molecular flexibility index (Phi) is 5.87. The number of aldehydes is 1. The van der Waals surface area contributed by atoms with Crippen LogP contribution in [0, 0.1) is 10.5 Å². The number of hydrogen-bond acceptors (Lipinski definition) is 6. The van der Waals surface area contributed by atoms with E-state index in [0.717, 1.165) is 11.8 Å². The maximum atomic E-state index is 10.6. The fourth-order valence-corrected chi connectivity index (χ4v) is 2.85. The number of aromatic nitrogens is 2. The van der Waals surface area contributed by atoms with E-state index in [2.05, 4.69) is 32.7 Å². The minimum atomic E-state index is 0.0690. The molecule has 0 aliphatic rings. The molecule has 0 aliphatic heterocycles. The monoisotopic (exact) mass is 464 g/mol. The van der Waals surface area contributed by atoms with Crippen molar-refractivity contribution in [1.29, 1.82) is 0 Å². The lowest BCUT2D eigenvalue weighted by Gasteiger charge is -2.11. The van der Waals surface area contributed by atoms with E-state index in [0.29, 0.717) is 35.0 Å². The average molecular weight is 464 g/mol. The van der Waals surface area contributed by atoms with Crippen LogP contribution in [-0.2, 0) is 24.2 Å². The lowest BCUT2D eigenvalue weighted by molar-refractivity contribution is -0.107. The first-order chi connectivity index (χ1) is 12.6. The molecule has 0 bridgehead atoms. The molecule has 0 radical (unpaired) electrons. The summed E-state index contributed by atoms with van der Waals surface area (Å²) in [7, 11) is 0. The summed E-state index contributed by atoms with van der Waals surface area (Å²) >= 11 is 2.26. The molecular formula is C19H17IN2O4. The summed E-state index contributed by atoms with van der Waals surface area (Å²) in [5, 5.41) is 14.1. The normalized spacial score (nSPS) is 10.7. The predicted octanol–water partition coefficient (Wildman–Crippen LogP) is 3.60. The highest BCUT2D eigenvalue weighted by atomic mass is 127. The SMILES string of the molecule is Cc1c(OCc2nc(Cc3ccc(I)cc3)no2)ccc(CC=O)c1O. The molecule has 134 valence electrons. The van der Waals surface area contributed by atoms with Gasteiger partial charge in [0.05, 0.1) is 0 Å². The van der Waals surface area contributed by atoms with Gasteiger partial charge in [-0.1, -0.05) is 23.4 Å². The fraction of sp³-hybridized carbons (Fsp3) is 0.211. The topological polar surface area (TPSA) is 85.5 Å². The lowest BCUT2D eigenvalue weighted by atomic mass is 10.1. The number of hydrogen-bond donors (Lipinski definition) is 1. The van der Waals surface area contributed by atoms with E-state index >= 15 is 0 Å². The summed E-state index contributed by atoms with van der Waals surface area (Å²) < 4.78 is 12.1. The maximum absolute atomic E-state index is 10.6. The van der Waals surface area contributed by atoms with Gasteiger partial charge in [-0.05, 0) is 53.3 Å². The number of halogens is 1. The Hall–Kier alpha value is -2.42. The minimum absolute atomic E-state index is 0.0690. The predicted molar refractivity (Wildman–Crippen MR) is 103 cm³/mol. The quantitative estimate of drug-likeness (QED) is 0.425. The smallest absolute Gasteiger partial charge is 0.264 e. The standard InChI is InChI=1S/C19H17IN2O4/c1-12-16(7-4-14(8-9-23)19(12)24)25-11-18-21-17(22-26-18)10-13-2-5-15(20)6-3-13/h2-7,9,24H,8,10-11H2,1H3. The van der Waals surface area contributed by atoms with Crippen LogP contribution in [-0.4, -0.2) is 21.5 Å². The summed E-state index contributed by atoms with van der Waals surface area (Å²) in [6, 6.07) is 11.5. The second-order valence-corrected chi connectivity index (χ2v) is 7.01. The zero-order valence-electron chi connectivity index (χ0n) is 14.1. The van der Waals surface area contributed by atoms with Crippen LogP contribution >= 0.6 is 22.6 Å². The molecule has 1 aromatic heterocycles. The van der Waals surface area contributed by atoms with Crippen molar-refractivity contribution in [2.24, 2.45) is 0 Å². The van der Waals surface area contributed by atoms with E-state index in [9.17, 15) is 9.90 Å². The number of carbonyl (C=O) groups is 1. The Balaban J connectivity index is 1.64. The third kappa shape index (κ3) is 4.40. The first-order valence-electron chi connectivity index (χ1n) is 8.00. The number of nitrogens with zero attached hydrogens (tertiary/aromatic N) is 2. The zero-order chi connectivity index (χ0) is 18.5. The van der Waals surface area contributed by atoms with E-state index in [1.807, 2.05) is 24.3 Å². The first-order valence-corrected chi connectivity index (χ1v) is 9.08. The molecular weight excluding hydrogens is 447 g/mol. The van der Waals surface area contributed by atoms with Crippen LogP contribution in [0.4, 0.5) is 0 Å². The highest BCUT2D eigenvalue weighted by Crippen LogP contribution is 2.31. The third-order valence-electron chi connectivity index (χ3n) is 3.90. The van der Waals surface area contributed by atoms with Gasteiger partial charge in [0.2, 0.25) is 0 Å². The number of carbonyl (C=O) groups excluding carboxylic acids is 1. The number of phenols is 1. The number of ether oxygens (including phenoxy) is 1. The maximum Gasteiger partial charge on any atom is 0.264 e. The highest BCUT2D eigenvalue weighted by molar-refractivity contribution is 14.1. The van der Waals surface area contributed by atoms with Gasteiger partial charge >= 0.3 is 0 Å². The zero-order valence-corrected chi connectivity index (χ0v) is 16.3. The molecule has 0 unspecified atom stereocenters. The van der Waals surface area contributed by atoms with E-state index < -0.39 is 0 Å². The number of aromatic hydroxyl groups is 1. The molecule has 1 N–H and O–H groups in total. The Morgan fingerprint density at radius 1 is 1.23 bits per heavy atom. The third-order valence-corrected chi connectivity index (χ3v) is 4.62. The van der Waals surface area contributed by atoms with Gasteiger partial charge in [0.15, 0.2) is 12.4 Å². The van der Waals surface area contributed by atoms with Crippen LogP contribution in [0.25, 0.3) is 0 Å². The number of rotatable bonds is 7. The molecule has 0 amide bonds. The van der Waals surface area contributed by atoms with Crippen LogP contribution in [0.15, 0.2) is 40.9 Å². The van der Waals surface area contributed by atoms with Gasteiger partial charge in [0.1, 0.15) is 17.8 Å². The van der Waals surface area contributed by atoms with Crippen molar-refractivity contribution in [3.05, 3.63) is 68.4 Å². The molecule has 0 spiro atoms. The largest absolute Gasteiger partial charge is 0.507 e. The van der Waals surface area contributed by atoms with Gasteiger partial charge in [-0.3, -0.25) is 0 Å². The Bertz CT molecular complexity index is 906. The van der Waals surface area contributed by atoms with Crippen molar-refractivity contribution in [3.63, 3.8) is 0 Å². The fourth-order valence-electron chi connectivity index (χ4n) is 2.49. The van der Waals surface area contributed by atoms with Crippen LogP contribution < -0.4 is 4.74 Å². The molecule has 7 heteroatoms. The van der Waals surface area contributed by atoms with Gasteiger partial charge < -0.3 is 19.2 Å². The molecule has 0 atom stereocenters. The average Bonchev–Trinajstić information content (AvgIpc) is 3.08. The molecule has 3 rings (SSSR count). The van der Waals surface area contributed by atoms with Crippen molar-refractivity contribution < 1.29 is 19.2 Å². The number of phenolic OH excluding ortho intramolecular Hbond substituents is 1.